The predicted molar refractivity (Wildman–Crippen MR) is 60.0 cm³/mol. The highest BCUT2D eigenvalue weighted by Crippen LogP contribution is 2.46. The third-order valence-electron chi connectivity index (χ3n) is 4.11. The molecule has 2 nitrogen and oxygen atoms in total. The van der Waals surface area contributed by atoms with Crippen molar-refractivity contribution in [2.45, 2.75) is 40.7 Å². The maximum atomic E-state index is 9.74. The average Bonchev–Trinajstić information content (AvgIpc) is 2.05. The first kappa shape index (κ1) is 13.7. The zero-order chi connectivity index (χ0) is 11.6. The summed E-state index contributed by atoms with van der Waals surface area (Å²) in [5.74, 6) is 0.00657. The number of hydrogen-bond donors (Lipinski definition) is 2. The summed E-state index contributed by atoms with van der Waals surface area (Å²) in [6.07, 6.45) is 1.36. The van der Waals surface area contributed by atoms with Crippen LogP contribution in [0, 0.1) is 16.7 Å². The number of aliphatic hydroxyl groups is 2. The third-order valence-corrected chi connectivity index (χ3v) is 4.11. The molecule has 0 aliphatic rings. The van der Waals surface area contributed by atoms with Gasteiger partial charge in [0.05, 0.1) is 6.10 Å². The van der Waals surface area contributed by atoms with Crippen LogP contribution in [0.15, 0.2) is 12.7 Å². The van der Waals surface area contributed by atoms with Crippen molar-refractivity contribution >= 4 is 0 Å². The van der Waals surface area contributed by atoms with Crippen LogP contribution in [-0.2, 0) is 0 Å². The molecule has 0 fully saturated rings. The second-order valence-electron chi connectivity index (χ2n) is 5.14. The maximum Gasteiger partial charge on any atom is 0.0568 e. The fraction of sp³-hybridized carbons (Fsp3) is 0.833. The Hall–Kier alpha value is -0.340. The first-order valence-electron chi connectivity index (χ1n) is 5.13. The highest BCUT2D eigenvalue weighted by Gasteiger charge is 2.44. The van der Waals surface area contributed by atoms with Gasteiger partial charge in [-0.2, -0.15) is 0 Å². The maximum absolute atomic E-state index is 9.74. The minimum absolute atomic E-state index is 0.00657. The van der Waals surface area contributed by atoms with Crippen LogP contribution in [0.2, 0.25) is 0 Å². The van der Waals surface area contributed by atoms with Crippen LogP contribution < -0.4 is 0 Å². The summed E-state index contributed by atoms with van der Waals surface area (Å²) < 4.78 is 0. The van der Waals surface area contributed by atoms with Crippen molar-refractivity contribution in [3.63, 3.8) is 0 Å². The van der Waals surface area contributed by atoms with Gasteiger partial charge >= 0.3 is 0 Å². The van der Waals surface area contributed by atoms with E-state index in [1.54, 1.807) is 13.0 Å². The Morgan fingerprint density at radius 2 is 1.64 bits per heavy atom. The fourth-order valence-electron chi connectivity index (χ4n) is 1.61. The second kappa shape index (κ2) is 4.45. The van der Waals surface area contributed by atoms with Crippen molar-refractivity contribution in [1.29, 1.82) is 0 Å². The second-order valence-corrected chi connectivity index (χ2v) is 5.14. The van der Waals surface area contributed by atoms with Crippen LogP contribution in [0.1, 0.15) is 34.6 Å². The molecule has 14 heavy (non-hydrogen) atoms. The van der Waals surface area contributed by atoms with Gasteiger partial charge in [-0.3, -0.25) is 0 Å². The average molecular weight is 200 g/mol. The number of hydrogen-bond acceptors (Lipinski definition) is 2. The predicted octanol–water partition coefficient (Wildman–Crippen LogP) is 2.21. The van der Waals surface area contributed by atoms with Gasteiger partial charge in [0.15, 0.2) is 0 Å². The van der Waals surface area contributed by atoms with E-state index in [4.69, 9.17) is 0 Å². The summed E-state index contributed by atoms with van der Waals surface area (Å²) in [6, 6.07) is 0. The van der Waals surface area contributed by atoms with Gasteiger partial charge < -0.3 is 10.2 Å². The molecule has 0 saturated heterocycles. The summed E-state index contributed by atoms with van der Waals surface area (Å²) in [5.41, 5.74) is -0.438. The smallest absolute Gasteiger partial charge is 0.0568 e. The first-order valence-corrected chi connectivity index (χ1v) is 5.13. The normalized spacial score (nSPS) is 17.6. The molecule has 0 heterocycles. The summed E-state index contributed by atoms with van der Waals surface area (Å²) >= 11 is 0. The molecule has 0 aliphatic carbocycles. The Labute approximate surface area is 87.7 Å². The Kier molecular flexibility index (Phi) is 4.34. The molecule has 0 aliphatic heterocycles. The molecule has 0 saturated carbocycles. The lowest BCUT2D eigenvalue weighted by Gasteiger charge is -2.47. The molecule has 0 bridgehead atoms. The molecular formula is C12H24O2. The van der Waals surface area contributed by atoms with E-state index in [-0.39, 0.29) is 23.4 Å². The Morgan fingerprint density at radius 1 is 1.21 bits per heavy atom. The van der Waals surface area contributed by atoms with Crippen LogP contribution in [0.4, 0.5) is 0 Å². The topological polar surface area (TPSA) is 40.5 Å². The molecule has 0 radical (unpaired) electrons. The van der Waals surface area contributed by atoms with Gasteiger partial charge in [0.1, 0.15) is 0 Å². The summed E-state index contributed by atoms with van der Waals surface area (Å²) in [5, 5.41) is 19.0. The van der Waals surface area contributed by atoms with E-state index in [0.29, 0.717) is 0 Å². The van der Waals surface area contributed by atoms with Crippen molar-refractivity contribution in [2.24, 2.45) is 16.7 Å². The molecular weight excluding hydrogens is 176 g/mol. The zero-order valence-electron chi connectivity index (χ0n) is 10.0. The fourth-order valence-corrected chi connectivity index (χ4v) is 1.61. The minimum Gasteiger partial charge on any atom is -0.396 e. The van der Waals surface area contributed by atoms with E-state index >= 15 is 0 Å². The quantitative estimate of drug-likeness (QED) is 0.668. The van der Waals surface area contributed by atoms with E-state index in [0.717, 1.165) is 0 Å². The van der Waals surface area contributed by atoms with Crippen LogP contribution in [-0.4, -0.2) is 22.9 Å². The lowest BCUT2D eigenvalue weighted by molar-refractivity contribution is -0.0569. The van der Waals surface area contributed by atoms with Crippen molar-refractivity contribution < 1.29 is 10.2 Å². The molecule has 0 spiro atoms. The third kappa shape index (κ3) is 2.18. The van der Waals surface area contributed by atoms with Crippen molar-refractivity contribution in [1.82, 2.24) is 0 Å². The highest BCUT2D eigenvalue weighted by atomic mass is 16.3. The van der Waals surface area contributed by atoms with Gasteiger partial charge in [-0.15, -0.1) is 6.58 Å². The Bertz CT molecular complexity index is 192. The van der Waals surface area contributed by atoms with Gasteiger partial charge in [0, 0.05) is 12.5 Å². The van der Waals surface area contributed by atoms with Gasteiger partial charge in [0.25, 0.3) is 0 Å². The lowest BCUT2D eigenvalue weighted by atomic mass is 9.59. The monoisotopic (exact) mass is 200 g/mol. The molecule has 1 unspecified atom stereocenters. The molecule has 0 aromatic heterocycles. The summed E-state index contributed by atoms with van der Waals surface area (Å²) in [6.45, 7) is 13.7. The van der Waals surface area contributed by atoms with Crippen LogP contribution in [0.25, 0.3) is 0 Å². The summed E-state index contributed by atoms with van der Waals surface area (Å²) in [7, 11) is 0. The molecule has 0 aromatic carbocycles. The van der Waals surface area contributed by atoms with Crippen LogP contribution in [0.5, 0.6) is 0 Å². The van der Waals surface area contributed by atoms with Gasteiger partial charge in [-0.05, 0) is 17.8 Å². The molecule has 0 aromatic rings. The van der Waals surface area contributed by atoms with E-state index in [1.807, 2.05) is 13.8 Å². The Balaban J connectivity index is 5.00. The molecule has 0 rings (SSSR count). The molecule has 2 atom stereocenters. The van der Waals surface area contributed by atoms with Crippen molar-refractivity contribution in [3.8, 4) is 0 Å². The molecule has 0 amide bonds. The van der Waals surface area contributed by atoms with Crippen molar-refractivity contribution in [3.05, 3.63) is 12.7 Å². The van der Waals surface area contributed by atoms with Gasteiger partial charge in [-0.25, -0.2) is 0 Å². The molecule has 84 valence electrons. The SMILES string of the molecule is C=CC(CO)C(C)(C)C(C)(C)[C@H](C)O. The largest absolute Gasteiger partial charge is 0.396 e. The molecule has 2 N–H and O–H groups in total. The van der Waals surface area contributed by atoms with Crippen LogP contribution >= 0.6 is 0 Å². The summed E-state index contributed by atoms with van der Waals surface area (Å²) in [4.78, 5) is 0. The Morgan fingerprint density at radius 3 is 1.86 bits per heavy atom. The zero-order valence-corrected chi connectivity index (χ0v) is 10.0. The van der Waals surface area contributed by atoms with Crippen LogP contribution in [0.3, 0.4) is 0 Å². The first-order chi connectivity index (χ1) is 6.21. The lowest BCUT2D eigenvalue weighted by Crippen LogP contribution is -2.46. The van der Waals surface area contributed by atoms with E-state index < -0.39 is 6.10 Å². The minimum atomic E-state index is -0.411. The van der Waals surface area contributed by atoms with Gasteiger partial charge in [-0.1, -0.05) is 33.8 Å². The number of aliphatic hydroxyl groups excluding tert-OH is 2. The highest BCUT2D eigenvalue weighted by molar-refractivity contribution is 4.99. The van der Waals surface area contributed by atoms with E-state index in [9.17, 15) is 10.2 Å². The standard InChI is InChI=1S/C12H24O2/c1-7-10(8-13)12(5,6)11(3,4)9(2)14/h7,9-10,13-14H,1,8H2,2-6H3/t9-,10?/m0/s1. The van der Waals surface area contributed by atoms with Gasteiger partial charge in [0.2, 0.25) is 0 Å². The molecule has 2 heteroatoms. The van der Waals surface area contributed by atoms with E-state index in [1.165, 1.54) is 0 Å². The number of rotatable bonds is 5. The van der Waals surface area contributed by atoms with E-state index in [2.05, 4.69) is 20.4 Å². The van der Waals surface area contributed by atoms with Crippen molar-refractivity contribution in [2.75, 3.05) is 6.61 Å².